The second-order valence-corrected chi connectivity index (χ2v) is 6.59. The van der Waals surface area contributed by atoms with E-state index < -0.39 is 5.79 Å². The Balaban J connectivity index is 1.61. The zero-order valence-corrected chi connectivity index (χ0v) is 13.6. The van der Waals surface area contributed by atoms with Gasteiger partial charge in [0.2, 0.25) is 5.91 Å². The van der Waals surface area contributed by atoms with Gasteiger partial charge in [-0.3, -0.25) is 4.79 Å². The van der Waals surface area contributed by atoms with Gasteiger partial charge in [-0.05, 0) is 25.3 Å². The summed E-state index contributed by atoms with van der Waals surface area (Å²) < 4.78 is 11.2. The lowest BCUT2D eigenvalue weighted by Crippen LogP contribution is -2.35. The van der Waals surface area contributed by atoms with Crippen molar-refractivity contribution in [1.29, 1.82) is 0 Å². The molecule has 0 bridgehead atoms. The van der Waals surface area contributed by atoms with Crippen molar-refractivity contribution >= 4 is 5.91 Å². The highest BCUT2D eigenvalue weighted by Gasteiger charge is 2.40. The number of rotatable bonds is 6. The number of nitrogens with zero attached hydrogens (tertiary/aromatic N) is 1. The van der Waals surface area contributed by atoms with Crippen LogP contribution in [0.5, 0.6) is 0 Å². The maximum absolute atomic E-state index is 12.7. The summed E-state index contributed by atoms with van der Waals surface area (Å²) >= 11 is 0. The lowest BCUT2D eigenvalue weighted by molar-refractivity contribution is -0.151. The Morgan fingerprint density at radius 1 is 1.26 bits per heavy atom. The van der Waals surface area contributed by atoms with Gasteiger partial charge >= 0.3 is 0 Å². The Morgan fingerprint density at radius 3 is 2.61 bits per heavy atom. The van der Waals surface area contributed by atoms with Gasteiger partial charge in [0.25, 0.3) is 0 Å². The summed E-state index contributed by atoms with van der Waals surface area (Å²) in [5.41, 5.74) is 1.09. The van der Waals surface area contributed by atoms with Crippen molar-refractivity contribution in [3.8, 4) is 0 Å². The SMILES string of the molecule is CC1(CCC2CC(CO)N(Cc3ccccc3)C2=O)OCCO1. The van der Waals surface area contributed by atoms with Crippen LogP contribution in [0, 0.1) is 5.92 Å². The molecular formula is C18H25NO4. The van der Waals surface area contributed by atoms with Crippen LogP contribution in [0.3, 0.4) is 0 Å². The minimum Gasteiger partial charge on any atom is -0.394 e. The first kappa shape index (κ1) is 16.4. The number of aliphatic hydroxyl groups excluding tert-OH is 1. The smallest absolute Gasteiger partial charge is 0.226 e. The molecule has 23 heavy (non-hydrogen) atoms. The van der Waals surface area contributed by atoms with Crippen LogP contribution in [0.4, 0.5) is 0 Å². The Bertz CT molecular complexity index is 527. The van der Waals surface area contributed by atoms with Crippen molar-refractivity contribution in [3.05, 3.63) is 35.9 Å². The number of hydrogen-bond acceptors (Lipinski definition) is 4. The van der Waals surface area contributed by atoms with Crippen LogP contribution in [0.15, 0.2) is 30.3 Å². The third kappa shape index (κ3) is 3.74. The van der Waals surface area contributed by atoms with Gasteiger partial charge in [-0.15, -0.1) is 0 Å². The van der Waals surface area contributed by atoms with E-state index in [1.54, 1.807) is 0 Å². The molecule has 1 aromatic rings. The molecule has 1 amide bonds. The molecular weight excluding hydrogens is 294 g/mol. The third-order valence-corrected chi connectivity index (χ3v) is 4.88. The van der Waals surface area contributed by atoms with Crippen molar-refractivity contribution in [3.63, 3.8) is 0 Å². The van der Waals surface area contributed by atoms with Crippen LogP contribution in [-0.4, -0.2) is 47.6 Å². The van der Waals surface area contributed by atoms with Crippen LogP contribution in [0.2, 0.25) is 0 Å². The molecule has 0 radical (unpaired) electrons. The van der Waals surface area contributed by atoms with Gasteiger partial charge in [0.05, 0.1) is 25.9 Å². The largest absolute Gasteiger partial charge is 0.394 e. The highest BCUT2D eigenvalue weighted by molar-refractivity contribution is 5.81. The molecule has 0 spiro atoms. The molecule has 1 N–H and O–H groups in total. The van der Waals surface area contributed by atoms with Crippen LogP contribution < -0.4 is 0 Å². The molecule has 2 aliphatic heterocycles. The molecule has 5 nitrogen and oxygen atoms in total. The fourth-order valence-electron chi connectivity index (χ4n) is 3.51. The highest BCUT2D eigenvalue weighted by atomic mass is 16.7. The summed E-state index contributed by atoms with van der Waals surface area (Å²) in [6.45, 7) is 3.75. The summed E-state index contributed by atoms with van der Waals surface area (Å²) in [6.07, 6.45) is 2.15. The maximum Gasteiger partial charge on any atom is 0.226 e. The van der Waals surface area contributed by atoms with Crippen LogP contribution >= 0.6 is 0 Å². The van der Waals surface area contributed by atoms with E-state index >= 15 is 0 Å². The Kier molecular flexibility index (Phi) is 4.99. The van der Waals surface area contributed by atoms with Gasteiger partial charge in [-0.1, -0.05) is 30.3 Å². The van der Waals surface area contributed by atoms with Crippen LogP contribution in [0.1, 0.15) is 31.7 Å². The lowest BCUT2D eigenvalue weighted by atomic mass is 9.97. The zero-order chi connectivity index (χ0) is 16.3. The third-order valence-electron chi connectivity index (χ3n) is 4.88. The van der Waals surface area contributed by atoms with Gasteiger partial charge in [0.1, 0.15) is 0 Å². The molecule has 2 unspecified atom stereocenters. The standard InChI is InChI=1S/C18H25NO4/c1-18(22-9-10-23-18)8-7-15-11-16(13-20)19(17(15)21)12-14-5-3-2-4-6-14/h2-6,15-16,20H,7-13H2,1H3. The van der Waals surface area contributed by atoms with Crippen LogP contribution in [-0.2, 0) is 20.8 Å². The number of carbonyl (C=O) groups is 1. The van der Waals surface area contributed by atoms with E-state index in [1.807, 2.05) is 42.2 Å². The highest BCUT2D eigenvalue weighted by Crippen LogP contribution is 2.33. The Hall–Kier alpha value is -1.43. The molecule has 3 rings (SSSR count). The molecule has 2 atom stereocenters. The number of amides is 1. The van der Waals surface area contributed by atoms with Crippen molar-refractivity contribution in [1.82, 2.24) is 4.90 Å². The van der Waals surface area contributed by atoms with Crippen molar-refractivity contribution in [2.24, 2.45) is 5.92 Å². The van der Waals surface area contributed by atoms with E-state index in [-0.39, 0.29) is 24.5 Å². The van der Waals surface area contributed by atoms with Gasteiger partial charge in [0.15, 0.2) is 5.79 Å². The fraction of sp³-hybridized carbons (Fsp3) is 0.611. The van der Waals surface area contributed by atoms with E-state index in [2.05, 4.69) is 0 Å². The molecule has 2 saturated heterocycles. The minimum atomic E-state index is -0.554. The number of hydrogen-bond donors (Lipinski definition) is 1. The molecule has 2 fully saturated rings. The monoisotopic (exact) mass is 319 g/mol. The topological polar surface area (TPSA) is 59.0 Å². The van der Waals surface area contributed by atoms with Crippen LogP contribution in [0.25, 0.3) is 0 Å². The number of aliphatic hydroxyl groups is 1. The van der Waals surface area contributed by atoms with E-state index in [9.17, 15) is 9.90 Å². The average Bonchev–Trinajstić information content (AvgIpc) is 3.12. The number of carbonyl (C=O) groups excluding carboxylic acids is 1. The van der Waals surface area contributed by atoms with E-state index in [1.165, 1.54) is 0 Å². The normalized spacial score (nSPS) is 26.9. The molecule has 0 saturated carbocycles. The Labute approximate surface area is 137 Å². The first-order valence-electron chi connectivity index (χ1n) is 8.34. The molecule has 1 aromatic carbocycles. The van der Waals surface area contributed by atoms with E-state index in [4.69, 9.17) is 9.47 Å². The van der Waals surface area contributed by atoms with Crippen molar-refractivity contribution in [2.45, 2.75) is 44.6 Å². The van der Waals surface area contributed by atoms with Gasteiger partial charge in [0, 0.05) is 18.9 Å². The Morgan fingerprint density at radius 2 is 1.96 bits per heavy atom. The summed E-state index contributed by atoms with van der Waals surface area (Å²) in [5.74, 6) is -0.475. The van der Waals surface area contributed by atoms with Gasteiger partial charge < -0.3 is 19.5 Å². The molecule has 126 valence electrons. The van der Waals surface area contributed by atoms with Crippen molar-refractivity contribution in [2.75, 3.05) is 19.8 Å². The average molecular weight is 319 g/mol. The second kappa shape index (κ2) is 6.99. The molecule has 2 aliphatic rings. The summed E-state index contributed by atoms with van der Waals surface area (Å²) in [6, 6.07) is 9.83. The summed E-state index contributed by atoms with van der Waals surface area (Å²) in [7, 11) is 0. The lowest BCUT2D eigenvalue weighted by Gasteiger charge is -2.24. The number of ether oxygens (including phenoxy) is 2. The second-order valence-electron chi connectivity index (χ2n) is 6.59. The molecule has 2 heterocycles. The quantitative estimate of drug-likeness (QED) is 0.870. The zero-order valence-electron chi connectivity index (χ0n) is 13.6. The van der Waals surface area contributed by atoms with E-state index in [0.717, 1.165) is 12.0 Å². The van der Waals surface area contributed by atoms with Gasteiger partial charge in [-0.25, -0.2) is 0 Å². The first-order valence-corrected chi connectivity index (χ1v) is 8.34. The summed E-state index contributed by atoms with van der Waals surface area (Å²) in [5, 5.41) is 9.64. The maximum atomic E-state index is 12.7. The fourth-order valence-corrected chi connectivity index (χ4v) is 3.51. The molecule has 0 aliphatic carbocycles. The molecule has 5 heteroatoms. The number of likely N-dealkylation sites (tertiary alicyclic amines) is 1. The predicted octanol–water partition coefficient (Wildman–Crippen LogP) is 1.94. The van der Waals surface area contributed by atoms with Gasteiger partial charge in [-0.2, -0.15) is 0 Å². The summed E-state index contributed by atoms with van der Waals surface area (Å²) in [4.78, 5) is 14.5. The van der Waals surface area contributed by atoms with E-state index in [0.29, 0.717) is 32.6 Å². The predicted molar refractivity (Wildman–Crippen MR) is 85.5 cm³/mol. The number of benzene rings is 1. The first-order chi connectivity index (χ1) is 11.1. The van der Waals surface area contributed by atoms with Crippen molar-refractivity contribution < 1.29 is 19.4 Å². The minimum absolute atomic E-state index is 0.0132. The molecule has 0 aromatic heterocycles.